The zero-order valence-corrected chi connectivity index (χ0v) is 20.2. The van der Waals surface area contributed by atoms with Gasteiger partial charge >= 0.3 is 11.9 Å². The first-order valence-electron chi connectivity index (χ1n) is 10.2. The van der Waals surface area contributed by atoms with Crippen molar-refractivity contribution in [3.63, 3.8) is 0 Å². The summed E-state index contributed by atoms with van der Waals surface area (Å²) in [6.07, 6.45) is 0.918. The molecule has 0 fully saturated rings. The predicted molar refractivity (Wildman–Crippen MR) is 124 cm³/mol. The lowest BCUT2D eigenvalue weighted by molar-refractivity contribution is -0.140. The second-order valence-electron chi connectivity index (χ2n) is 7.58. The maximum Gasteiger partial charge on any atom is 0.341 e. The number of hydrogen-bond acceptors (Lipinski definition) is 4. The molecular formula is C24H31BrO6. The first-order valence-corrected chi connectivity index (χ1v) is 11.0. The number of aliphatic carboxylic acids is 2. The molecule has 2 aromatic carbocycles. The number of hydrogen-bond donors (Lipinski definition) is 2. The van der Waals surface area contributed by atoms with Crippen LogP contribution in [0.3, 0.4) is 0 Å². The Bertz CT molecular complexity index is 876. The zero-order valence-electron chi connectivity index (χ0n) is 18.6. The third kappa shape index (κ3) is 9.42. The highest BCUT2D eigenvalue weighted by atomic mass is 79.9. The summed E-state index contributed by atoms with van der Waals surface area (Å²) in [6.45, 7) is 9.67. The van der Waals surface area contributed by atoms with Gasteiger partial charge in [-0.25, -0.2) is 9.59 Å². The van der Waals surface area contributed by atoms with Gasteiger partial charge in [-0.1, -0.05) is 68.7 Å². The quantitative estimate of drug-likeness (QED) is 0.452. The van der Waals surface area contributed by atoms with E-state index in [-0.39, 0.29) is 13.2 Å². The SMILES string of the molecule is CC(C)c1ccc(Br)cc1OCC(=O)O.CCc1ccc(C(C)C)c(OCC(=O)O)c1. The van der Waals surface area contributed by atoms with Gasteiger partial charge in [0.15, 0.2) is 13.2 Å². The van der Waals surface area contributed by atoms with Crippen LogP contribution in [0.25, 0.3) is 0 Å². The van der Waals surface area contributed by atoms with Crippen LogP contribution in [0.15, 0.2) is 40.9 Å². The number of halogens is 1. The van der Waals surface area contributed by atoms with Crippen molar-refractivity contribution < 1.29 is 29.3 Å². The van der Waals surface area contributed by atoms with E-state index in [1.807, 2.05) is 38.1 Å². The third-order valence-corrected chi connectivity index (χ3v) is 4.90. The molecule has 2 N–H and O–H groups in total. The van der Waals surface area contributed by atoms with Gasteiger partial charge in [0.1, 0.15) is 11.5 Å². The van der Waals surface area contributed by atoms with Crippen LogP contribution in [0.1, 0.15) is 63.1 Å². The summed E-state index contributed by atoms with van der Waals surface area (Å²) in [7, 11) is 0. The minimum Gasteiger partial charge on any atom is -0.482 e. The summed E-state index contributed by atoms with van der Waals surface area (Å²) in [5.41, 5.74) is 3.22. The van der Waals surface area contributed by atoms with Crippen LogP contribution in [-0.4, -0.2) is 35.4 Å². The molecule has 0 saturated heterocycles. The molecule has 0 saturated carbocycles. The van der Waals surface area contributed by atoms with Crippen molar-refractivity contribution in [2.75, 3.05) is 13.2 Å². The Morgan fingerprint density at radius 1 is 0.839 bits per heavy atom. The lowest BCUT2D eigenvalue weighted by atomic mass is 9.99. The summed E-state index contributed by atoms with van der Waals surface area (Å²) in [5.74, 6) is 0.0383. The van der Waals surface area contributed by atoms with Crippen molar-refractivity contribution in [1.29, 1.82) is 0 Å². The second kappa shape index (κ2) is 13.0. The maximum atomic E-state index is 10.5. The number of carboxylic acids is 2. The van der Waals surface area contributed by atoms with Gasteiger partial charge in [0, 0.05) is 4.47 Å². The minimum absolute atomic E-state index is 0.285. The molecule has 0 bridgehead atoms. The highest BCUT2D eigenvalue weighted by Gasteiger charge is 2.11. The average Bonchev–Trinajstić information content (AvgIpc) is 2.70. The maximum absolute atomic E-state index is 10.5. The molecule has 0 aliphatic rings. The van der Waals surface area contributed by atoms with Gasteiger partial charge in [-0.05, 0) is 53.1 Å². The predicted octanol–water partition coefficient (Wildman–Crippen LogP) is 5.87. The number of rotatable bonds is 9. The Morgan fingerprint density at radius 3 is 1.71 bits per heavy atom. The van der Waals surface area contributed by atoms with Crippen LogP contribution in [0.5, 0.6) is 11.5 Å². The molecule has 31 heavy (non-hydrogen) atoms. The van der Waals surface area contributed by atoms with E-state index in [9.17, 15) is 9.59 Å². The van der Waals surface area contributed by atoms with Crippen molar-refractivity contribution in [3.05, 3.63) is 57.6 Å². The van der Waals surface area contributed by atoms with E-state index in [4.69, 9.17) is 19.7 Å². The minimum atomic E-state index is -0.968. The highest BCUT2D eigenvalue weighted by molar-refractivity contribution is 9.10. The Hall–Kier alpha value is -2.54. The number of ether oxygens (including phenoxy) is 2. The first kappa shape index (κ1) is 26.5. The molecule has 0 radical (unpaired) electrons. The first-order chi connectivity index (χ1) is 14.5. The van der Waals surface area contributed by atoms with E-state index < -0.39 is 11.9 Å². The van der Waals surface area contributed by atoms with Crippen molar-refractivity contribution in [3.8, 4) is 11.5 Å². The number of benzene rings is 2. The molecule has 2 rings (SSSR count). The molecule has 0 atom stereocenters. The van der Waals surface area contributed by atoms with Crippen molar-refractivity contribution in [2.24, 2.45) is 0 Å². The summed E-state index contributed by atoms with van der Waals surface area (Å²) in [6, 6.07) is 11.6. The molecule has 0 aromatic heterocycles. The molecule has 2 aromatic rings. The fraction of sp³-hybridized carbons (Fsp3) is 0.417. The lowest BCUT2D eigenvalue weighted by Crippen LogP contribution is -2.11. The van der Waals surface area contributed by atoms with Gasteiger partial charge in [0.2, 0.25) is 0 Å². The fourth-order valence-electron chi connectivity index (χ4n) is 2.79. The van der Waals surface area contributed by atoms with E-state index in [0.717, 1.165) is 27.6 Å². The van der Waals surface area contributed by atoms with E-state index in [1.54, 1.807) is 6.07 Å². The Labute approximate surface area is 192 Å². The topological polar surface area (TPSA) is 93.1 Å². The molecule has 7 heteroatoms. The largest absolute Gasteiger partial charge is 0.482 e. The Balaban J connectivity index is 0.000000311. The summed E-state index contributed by atoms with van der Waals surface area (Å²) in [4.78, 5) is 20.9. The molecular weight excluding hydrogens is 464 g/mol. The summed E-state index contributed by atoms with van der Waals surface area (Å²) < 4.78 is 11.4. The highest BCUT2D eigenvalue weighted by Crippen LogP contribution is 2.29. The molecule has 6 nitrogen and oxygen atoms in total. The van der Waals surface area contributed by atoms with Crippen LogP contribution < -0.4 is 9.47 Å². The Morgan fingerprint density at radius 2 is 1.29 bits per heavy atom. The van der Waals surface area contributed by atoms with Crippen LogP contribution >= 0.6 is 15.9 Å². The van der Waals surface area contributed by atoms with Gasteiger partial charge < -0.3 is 19.7 Å². The standard InChI is InChI=1S/C13H18O3.C11H13BrO3/c1-4-10-5-6-11(9(2)3)12(7-10)16-8-13(14)15;1-7(2)9-4-3-8(12)5-10(9)15-6-11(13)14/h5-7,9H,4,8H2,1-3H3,(H,14,15);3-5,7H,6H2,1-2H3,(H,13,14). The van der Waals surface area contributed by atoms with E-state index in [1.165, 1.54) is 0 Å². The van der Waals surface area contributed by atoms with Gasteiger partial charge in [0.25, 0.3) is 0 Å². The normalized spacial score (nSPS) is 10.5. The van der Waals surface area contributed by atoms with Crippen LogP contribution in [0.2, 0.25) is 0 Å². The Kier molecular flexibility index (Phi) is 11.1. The van der Waals surface area contributed by atoms with Crippen LogP contribution in [0, 0.1) is 0 Å². The number of aryl methyl sites for hydroxylation is 1. The van der Waals surface area contributed by atoms with Crippen molar-refractivity contribution in [2.45, 2.75) is 52.9 Å². The number of carboxylic acid groups (broad SMARTS) is 2. The van der Waals surface area contributed by atoms with Crippen LogP contribution in [0.4, 0.5) is 0 Å². The molecule has 0 unspecified atom stereocenters. The lowest BCUT2D eigenvalue weighted by Gasteiger charge is -2.14. The smallest absolute Gasteiger partial charge is 0.341 e. The fourth-order valence-corrected chi connectivity index (χ4v) is 3.13. The average molecular weight is 495 g/mol. The second-order valence-corrected chi connectivity index (χ2v) is 8.50. The third-order valence-electron chi connectivity index (χ3n) is 4.41. The van der Waals surface area contributed by atoms with E-state index >= 15 is 0 Å². The summed E-state index contributed by atoms with van der Waals surface area (Å²) >= 11 is 3.33. The molecule has 0 aliphatic heterocycles. The van der Waals surface area contributed by atoms with Crippen molar-refractivity contribution in [1.82, 2.24) is 0 Å². The molecule has 0 spiro atoms. The van der Waals surface area contributed by atoms with Gasteiger partial charge in [-0.3, -0.25) is 0 Å². The van der Waals surface area contributed by atoms with E-state index in [0.29, 0.717) is 23.3 Å². The van der Waals surface area contributed by atoms with Gasteiger partial charge in [-0.2, -0.15) is 0 Å². The van der Waals surface area contributed by atoms with Crippen molar-refractivity contribution >= 4 is 27.9 Å². The molecule has 0 heterocycles. The summed E-state index contributed by atoms with van der Waals surface area (Å²) in [5, 5.41) is 17.1. The van der Waals surface area contributed by atoms with E-state index in [2.05, 4.69) is 42.8 Å². The molecule has 0 amide bonds. The van der Waals surface area contributed by atoms with Gasteiger partial charge in [0.05, 0.1) is 0 Å². The number of carbonyl (C=O) groups is 2. The van der Waals surface area contributed by atoms with Crippen LogP contribution in [-0.2, 0) is 16.0 Å². The molecule has 170 valence electrons. The monoisotopic (exact) mass is 494 g/mol. The molecule has 0 aliphatic carbocycles. The van der Waals surface area contributed by atoms with Gasteiger partial charge in [-0.15, -0.1) is 0 Å². The zero-order chi connectivity index (χ0) is 23.6.